The van der Waals surface area contributed by atoms with Gasteiger partial charge in [0, 0.05) is 33.7 Å². The van der Waals surface area contributed by atoms with Gasteiger partial charge in [0.25, 0.3) is 0 Å². The molecule has 6 nitrogen and oxygen atoms in total. The first-order valence-corrected chi connectivity index (χ1v) is 21.3. The third-order valence-electron chi connectivity index (χ3n) is 11.6. The van der Waals surface area contributed by atoms with Crippen LogP contribution in [0.1, 0.15) is 94.2 Å². The smallest absolute Gasteiger partial charge is 0.357 e. The van der Waals surface area contributed by atoms with Crippen molar-refractivity contribution in [3.8, 4) is 0 Å². The lowest BCUT2D eigenvalue weighted by atomic mass is 9.60. The van der Waals surface area contributed by atoms with Gasteiger partial charge >= 0.3 is 37.1 Å². The summed E-state index contributed by atoms with van der Waals surface area (Å²) in [6.07, 6.45) is -30.6. The van der Waals surface area contributed by atoms with E-state index in [0.717, 1.165) is 0 Å². The molecule has 0 saturated heterocycles. The monoisotopic (exact) mass is 1070 g/mol. The Bertz CT molecular complexity index is 2020. The second kappa shape index (κ2) is 19.6. The van der Waals surface area contributed by atoms with Crippen molar-refractivity contribution in [2.45, 2.75) is 114 Å². The minimum absolute atomic E-state index is 0.0827. The van der Waals surface area contributed by atoms with Crippen LogP contribution >= 0.6 is 36.7 Å². The summed E-state index contributed by atoms with van der Waals surface area (Å²) in [6, 6.07) is 2.20. The first-order valence-electron chi connectivity index (χ1n) is 20.0. The maximum atomic E-state index is 13.6. The molecule has 27 heteroatoms. The van der Waals surface area contributed by atoms with Crippen molar-refractivity contribution < 1.29 is 79.0 Å². The lowest BCUT2D eigenvalue weighted by Gasteiger charge is -2.52. The van der Waals surface area contributed by atoms with Gasteiger partial charge in [0.1, 0.15) is 0 Å². The van der Waals surface area contributed by atoms with Gasteiger partial charge < -0.3 is 31.9 Å². The highest BCUT2D eigenvalue weighted by Gasteiger charge is 2.48. The normalized spacial score (nSPS) is 18.0. The zero-order valence-corrected chi connectivity index (χ0v) is 39.0. The van der Waals surface area contributed by atoms with Gasteiger partial charge in [-0.25, -0.2) is 0 Å². The maximum Gasteiger partial charge on any atom is 0.416 e. The van der Waals surface area contributed by atoms with Crippen molar-refractivity contribution in [3.63, 3.8) is 0 Å². The Morgan fingerprint density at radius 1 is 0.333 bits per heavy atom. The summed E-state index contributed by atoms with van der Waals surface area (Å²) >= 11 is 16.1. The van der Waals surface area contributed by atoms with Crippen LogP contribution in [0.25, 0.3) is 0 Å². The molecule has 1 saturated carbocycles. The zero-order valence-electron chi connectivity index (χ0n) is 36.6. The van der Waals surface area contributed by atoms with Crippen molar-refractivity contribution in [1.29, 1.82) is 0 Å². The first kappa shape index (κ1) is 57.1. The SMILES string of the molecule is CC(C)(NC(=S)Nc1cc(C(F)(F)F)cc(C(F)(F)F)c1)C1CC(C(C)(C)NC(=S)Nc2cc(C(F)(F)F)cc(C(F)(F)F)c2)CC(C(C)(C)NC(=S)Nc2cc(C(F)(F)F)cc(C(F)(F)F)c2)C1. The largest absolute Gasteiger partial charge is 0.416 e. The van der Waals surface area contributed by atoms with Gasteiger partial charge in [0.2, 0.25) is 0 Å². The predicted octanol–water partition coefficient (Wildman–Crippen LogP) is 14.4. The third-order valence-corrected chi connectivity index (χ3v) is 12.2. The van der Waals surface area contributed by atoms with E-state index in [4.69, 9.17) is 36.7 Å². The highest BCUT2D eigenvalue weighted by Crippen LogP contribution is 2.47. The summed E-state index contributed by atoms with van der Waals surface area (Å²) in [5, 5.41) is 14.6. The molecule has 3 aromatic rings. The van der Waals surface area contributed by atoms with E-state index in [1.807, 2.05) is 0 Å². The molecule has 3 aromatic carbocycles. The summed E-state index contributed by atoms with van der Waals surface area (Å²) in [7, 11) is 0. The molecular weight excluding hydrogens is 1030 g/mol. The molecule has 1 fully saturated rings. The molecular formula is C42H42F18N6S3. The lowest BCUT2D eigenvalue weighted by Crippen LogP contribution is -2.60. The number of hydrogen-bond acceptors (Lipinski definition) is 3. The molecule has 0 amide bonds. The molecule has 69 heavy (non-hydrogen) atoms. The number of thiocarbonyl (C=S) groups is 3. The molecule has 0 atom stereocenters. The fraction of sp³-hybridized carbons (Fsp3) is 0.500. The lowest BCUT2D eigenvalue weighted by molar-refractivity contribution is -0.144. The van der Waals surface area contributed by atoms with Crippen LogP contribution in [0, 0.1) is 17.8 Å². The van der Waals surface area contributed by atoms with Gasteiger partial charge in [0.05, 0.1) is 33.4 Å². The summed E-state index contributed by atoms with van der Waals surface area (Å²) < 4.78 is 245. The van der Waals surface area contributed by atoms with Gasteiger partial charge in [-0.1, -0.05) is 0 Å². The Hall–Kier alpha value is -4.53. The summed E-state index contributed by atoms with van der Waals surface area (Å²) in [5.74, 6) is -1.81. The summed E-state index contributed by atoms with van der Waals surface area (Å²) in [5.41, 5.74) is -15.5. The van der Waals surface area contributed by atoms with Crippen LogP contribution in [0.4, 0.5) is 96.1 Å². The van der Waals surface area contributed by atoms with Crippen LogP contribution in [0.5, 0.6) is 0 Å². The zero-order chi connectivity index (χ0) is 52.9. The molecule has 0 bridgehead atoms. The number of hydrogen-bond donors (Lipinski definition) is 6. The molecule has 6 N–H and O–H groups in total. The number of nitrogens with one attached hydrogen (secondary N) is 6. The Kier molecular flexibility index (Phi) is 16.2. The highest BCUT2D eigenvalue weighted by atomic mass is 32.1. The van der Waals surface area contributed by atoms with Gasteiger partial charge in [-0.2, -0.15) is 79.0 Å². The van der Waals surface area contributed by atoms with Crippen LogP contribution in [0.2, 0.25) is 0 Å². The number of rotatable bonds is 9. The molecule has 1 aliphatic rings. The van der Waals surface area contributed by atoms with Crippen LogP contribution in [-0.4, -0.2) is 32.0 Å². The Labute approximate surface area is 399 Å². The van der Waals surface area contributed by atoms with Crippen LogP contribution in [0.15, 0.2) is 54.6 Å². The predicted molar refractivity (Wildman–Crippen MR) is 234 cm³/mol. The Balaban J connectivity index is 1.68. The minimum Gasteiger partial charge on any atom is -0.357 e. The standard InChI is InChI=1S/C42H42F18N6S3/c1-34(2,64-31(67)61-28-13-22(37(43,44)45)10-23(14-28)38(46,47)48)19-7-20(35(3,4)65-32(68)62-29-15-24(39(49,50)51)11-25(16-29)40(52,53)54)9-21(8-19)36(5,6)66-33(69)63-30-17-26(41(55,56)57)12-27(18-30)42(58,59)60/h10-21H,7-9H2,1-6H3,(H2,61,64,67)(H2,62,65,68)(H2,63,66,69). The van der Waals surface area contributed by atoms with Crippen LogP contribution < -0.4 is 31.9 Å². The molecule has 1 aliphatic carbocycles. The van der Waals surface area contributed by atoms with Gasteiger partial charge in [-0.3, -0.25) is 0 Å². The van der Waals surface area contributed by atoms with Gasteiger partial charge in [-0.05, 0) is 170 Å². The highest BCUT2D eigenvalue weighted by molar-refractivity contribution is 7.80. The van der Waals surface area contributed by atoms with Crippen LogP contribution in [-0.2, 0) is 37.1 Å². The van der Waals surface area contributed by atoms with Crippen molar-refractivity contribution in [2.75, 3.05) is 16.0 Å². The Morgan fingerprint density at radius 2 is 0.493 bits per heavy atom. The van der Waals surface area contributed by atoms with E-state index in [1.54, 1.807) is 41.5 Å². The van der Waals surface area contributed by atoms with E-state index < -0.39 is 137 Å². The first-order chi connectivity index (χ1) is 30.9. The van der Waals surface area contributed by atoms with Gasteiger partial charge in [0.15, 0.2) is 15.3 Å². The average Bonchev–Trinajstić information content (AvgIpc) is 3.14. The molecule has 0 unspecified atom stereocenters. The van der Waals surface area contributed by atoms with Crippen molar-refractivity contribution in [1.82, 2.24) is 16.0 Å². The summed E-state index contributed by atoms with van der Waals surface area (Å²) in [6.45, 7) is 9.56. The van der Waals surface area contributed by atoms with Crippen molar-refractivity contribution in [3.05, 3.63) is 88.0 Å². The number of anilines is 3. The maximum absolute atomic E-state index is 13.6. The minimum atomic E-state index is -5.19. The van der Waals surface area contributed by atoms with E-state index in [0.29, 0.717) is 36.4 Å². The fourth-order valence-electron chi connectivity index (χ4n) is 7.84. The van der Waals surface area contributed by atoms with Crippen molar-refractivity contribution >= 4 is 69.1 Å². The molecule has 4 rings (SSSR count). The molecule has 384 valence electrons. The molecule has 0 spiro atoms. The second-order valence-electron chi connectivity index (χ2n) is 18.1. The Morgan fingerprint density at radius 3 is 0.638 bits per heavy atom. The molecule has 0 aromatic heterocycles. The van der Waals surface area contributed by atoms with E-state index in [1.165, 1.54) is 0 Å². The van der Waals surface area contributed by atoms with Crippen molar-refractivity contribution in [2.24, 2.45) is 17.8 Å². The van der Waals surface area contributed by atoms with E-state index in [2.05, 4.69) is 31.9 Å². The van der Waals surface area contributed by atoms with E-state index in [9.17, 15) is 79.0 Å². The number of benzene rings is 3. The second-order valence-corrected chi connectivity index (χ2v) is 19.3. The number of alkyl halides is 18. The third kappa shape index (κ3) is 15.5. The van der Waals surface area contributed by atoms with E-state index >= 15 is 0 Å². The molecule has 0 radical (unpaired) electrons. The van der Waals surface area contributed by atoms with E-state index in [-0.39, 0.29) is 37.5 Å². The molecule has 0 aliphatic heterocycles. The van der Waals surface area contributed by atoms with Crippen LogP contribution in [0.3, 0.4) is 0 Å². The molecule has 0 heterocycles. The summed E-state index contributed by atoms with van der Waals surface area (Å²) in [4.78, 5) is 0. The quantitative estimate of drug-likeness (QED) is 0.0929. The topological polar surface area (TPSA) is 72.2 Å². The average molecular weight is 1070 g/mol. The van der Waals surface area contributed by atoms with Gasteiger partial charge in [-0.15, -0.1) is 0 Å². The fourth-order valence-corrected chi connectivity index (χ4v) is 8.98. The number of halogens is 18.